The Morgan fingerprint density at radius 2 is 2.13 bits per heavy atom. The van der Waals surface area contributed by atoms with E-state index < -0.39 is 0 Å². The molecule has 80 valence electrons. The molecular formula is C12H15NOS. The van der Waals surface area contributed by atoms with Crippen LogP contribution in [0.25, 0.3) is 0 Å². The fourth-order valence-electron chi connectivity index (χ4n) is 1.55. The van der Waals surface area contributed by atoms with Crippen molar-refractivity contribution in [2.75, 3.05) is 11.1 Å². The Hall–Kier alpha value is -0.960. The van der Waals surface area contributed by atoms with Gasteiger partial charge < -0.3 is 5.32 Å². The van der Waals surface area contributed by atoms with Crippen LogP contribution >= 0.6 is 11.8 Å². The van der Waals surface area contributed by atoms with Crippen LogP contribution in [0.15, 0.2) is 23.1 Å². The molecule has 0 saturated carbocycles. The van der Waals surface area contributed by atoms with Crippen molar-refractivity contribution in [3.8, 4) is 0 Å². The molecule has 2 nitrogen and oxygen atoms in total. The highest BCUT2D eigenvalue weighted by atomic mass is 32.2. The minimum atomic E-state index is -0.296. The zero-order chi connectivity index (χ0) is 11.1. The number of aryl methyl sites for hydroxylation is 1. The summed E-state index contributed by atoms with van der Waals surface area (Å²) in [6, 6.07) is 6.03. The summed E-state index contributed by atoms with van der Waals surface area (Å²) in [6.45, 7) is 6.05. The maximum absolute atomic E-state index is 11.9. The largest absolute Gasteiger partial charge is 0.325 e. The number of thioether (sulfide) groups is 1. The molecule has 0 spiro atoms. The van der Waals surface area contributed by atoms with Crippen LogP contribution in [0.2, 0.25) is 0 Å². The van der Waals surface area contributed by atoms with E-state index in [2.05, 4.69) is 18.3 Å². The molecule has 1 aromatic carbocycles. The second kappa shape index (κ2) is 3.56. The van der Waals surface area contributed by atoms with E-state index in [0.29, 0.717) is 0 Å². The normalized spacial score (nSPS) is 19.0. The predicted molar refractivity (Wildman–Crippen MR) is 64.3 cm³/mol. The smallest absolute Gasteiger partial charge is 0.230 e. The number of hydrogen-bond donors (Lipinski definition) is 1. The van der Waals surface area contributed by atoms with Gasteiger partial charge in [-0.3, -0.25) is 4.79 Å². The van der Waals surface area contributed by atoms with Gasteiger partial charge in [0.25, 0.3) is 0 Å². The van der Waals surface area contributed by atoms with Crippen LogP contribution in [-0.2, 0) is 4.79 Å². The second-order valence-corrected chi connectivity index (χ2v) is 5.56. The van der Waals surface area contributed by atoms with E-state index in [1.165, 1.54) is 10.5 Å². The van der Waals surface area contributed by atoms with Crippen LogP contribution in [0, 0.1) is 12.3 Å². The maximum Gasteiger partial charge on any atom is 0.230 e. The lowest BCUT2D eigenvalue weighted by Crippen LogP contribution is -2.31. The third-order valence-corrected chi connectivity index (χ3v) is 4.35. The lowest BCUT2D eigenvalue weighted by Gasteiger charge is -2.18. The Morgan fingerprint density at radius 3 is 2.87 bits per heavy atom. The number of rotatable bonds is 0. The van der Waals surface area contributed by atoms with Crippen LogP contribution in [0.3, 0.4) is 0 Å². The van der Waals surface area contributed by atoms with Crippen molar-refractivity contribution >= 4 is 23.4 Å². The first-order chi connectivity index (χ1) is 7.00. The average Bonchev–Trinajstić information content (AvgIpc) is 2.26. The van der Waals surface area contributed by atoms with Gasteiger partial charge in [-0.1, -0.05) is 26.0 Å². The van der Waals surface area contributed by atoms with Crippen LogP contribution in [0.1, 0.15) is 19.4 Å². The molecule has 1 aliphatic heterocycles. The van der Waals surface area contributed by atoms with Gasteiger partial charge in [0.05, 0.1) is 11.1 Å². The van der Waals surface area contributed by atoms with Crippen molar-refractivity contribution in [3.05, 3.63) is 23.8 Å². The zero-order valence-electron chi connectivity index (χ0n) is 9.26. The quantitative estimate of drug-likeness (QED) is 0.729. The first-order valence-electron chi connectivity index (χ1n) is 5.04. The molecule has 3 heteroatoms. The van der Waals surface area contributed by atoms with Crippen molar-refractivity contribution in [2.45, 2.75) is 25.7 Å². The Kier molecular flexibility index (Phi) is 2.51. The van der Waals surface area contributed by atoms with Crippen molar-refractivity contribution in [1.29, 1.82) is 0 Å². The van der Waals surface area contributed by atoms with Crippen molar-refractivity contribution < 1.29 is 4.79 Å². The number of benzene rings is 1. The molecule has 0 unspecified atom stereocenters. The minimum absolute atomic E-state index is 0.111. The SMILES string of the molecule is Cc1cccc2c1SCC(C)(C)C(=O)N2. The number of hydrogen-bond acceptors (Lipinski definition) is 2. The second-order valence-electron chi connectivity index (χ2n) is 4.58. The molecule has 0 aromatic heterocycles. The van der Waals surface area contributed by atoms with Gasteiger partial charge in [-0.15, -0.1) is 11.8 Å². The molecule has 0 bridgehead atoms. The standard InChI is InChI=1S/C12H15NOS/c1-8-5-4-6-9-10(8)15-7-12(2,3)11(14)13-9/h4-6H,7H2,1-3H3,(H,13,14). The molecule has 2 rings (SSSR count). The third-order valence-electron chi connectivity index (χ3n) is 2.65. The summed E-state index contributed by atoms with van der Waals surface area (Å²) in [7, 11) is 0. The van der Waals surface area contributed by atoms with E-state index >= 15 is 0 Å². The Balaban J connectivity index is 2.44. The number of anilines is 1. The molecule has 0 aliphatic carbocycles. The molecule has 1 aromatic rings. The molecule has 0 fully saturated rings. The van der Waals surface area contributed by atoms with Crippen LogP contribution in [0.4, 0.5) is 5.69 Å². The fourth-order valence-corrected chi connectivity index (χ4v) is 2.76. The number of amides is 1. The number of carbonyl (C=O) groups is 1. The summed E-state index contributed by atoms with van der Waals surface area (Å²) in [5.41, 5.74) is 1.89. The predicted octanol–water partition coefficient (Wildman–Crippen LogP) is 3.07. The van der Waals surface area contributed by atoms with Crippen LogP contribution in [-0.4, -0.2) is 11.7 Å². The zero-order valence-corrected chi connectivity index (χ0v) is 10.1. The van der Waals surface area contributed by atoms with E-state index in [-0.39, 0.29) is 11.3 Å². The van der Waals surface area contributed by atoms with Crippen molar-refractivity contribution in [3.63, 3.8) is 0 Å². The molecule has 1 N–H and O–H groups in total. The molecule has 0 atom stereocenters. The van der Waals surface area contributed by atoms with Crippen molar-refractivity contribution in [1.82, 2.24) is 0 Å². The third kappa shape index (κ3) is 1.88. The van der Waals surface area contributed by atoms with E-state index in [0.717, 1.165) is 11.4 Å². The van der Waals surface area contributed by atoms with Gasteiger partial charge in [-0.05, 0) is 18.6 Å². The highest BCUT2D eigenvalue weighted by Gasteiger charge is 2.31. The fraction of sp³-hybridized carbons (Fsp3) is 0.417. The summed E-state index contributed by atoms with van der Waals surface area (Å²) in [5.74, 6) is 0.941. The number of carbonyl (C=O) groups excluding carboxylic acids is 1. The van der Waals surface area contributed by atoms with Crippen molar-refractivity contribution in [2.24, 2.45) is 5.41 Å². The highest BCUT2D eigenvalue weighted by Crippen LogP contribution is 2.38. The molecule has 1 amide bonds. The van der Waals surface area contributed by atoms with E-state index in [1.54, 1.807) is 11.8 Å². The van der Waals surface area contributed by atoms with Crippen LogP contribution < -0.4 is 5.32 Å². The Labute approximate surface area is 94.4 Å². The van der Waals surface area contributed by atoms with Crippen LogP contribution in [0.5, 0.6) is 0 Å². The Bertz CT molecular complexity index is 412. The van der Waals surface area contributed by atoms with Gasteiger partial charge >= 0.3 is 0 Å². The summed E-state index contributed by atoms with van der Waals surface area (Å²) < 4.78 is 0. The highest BCUT2D eigenvalue weighted by molar-refractivity contribution is 7.99. The van der Waals surface area contributed by atoms with Gasteiger partial charge in [0.15, 0.2) is 0 Å². The minimum Gasteiger partial charge on any atom is -0.325 e. The van der Waals surface area contributed by atoms with Gasteiger partial charge in [-0.25, -0.2) is 0 Å². The summed E-state index contributed by atoms with van der Waals surface area (Å²) in [4.78, 5) is 13.1. The molecule has 1 heterocycles. The average molecular weight is 221 g/mol. The molecular weight excluding hydrogens is 206 g/mol. The maximum atomic E-state index is 11.9. The van der Waals surface area contributed by atoms with Gasteiger partial charge in [0, 0.05) is 10.6 Å². The summed E-state index contributed by atoms with van der Waals surface area (Å²) in [6.07, 6.45) is 0. The molecule has 15 heavy (non-hydrogen) atoms. The molecule has 1 aliphatic rings. The van der Waals surface area contributed by atoms with E-state index in [4.69, 9.17) is 0 Å². The first-order valence-corrected chi connectivity index (χ1v) is 6.03. The lowest BCUT2D eigenvalue weighted by molar-refractivity contribution is -0.122. The van der Waals surface area contributed by atoms with Gasteiger partial charge in [0.2, 0.25) is 5.91 Å². The molecule has 0 saturated heterocycles. The summed E-state index contributed by atoms with van der Waals surface area (Å²) in [5, 5.41) is 2.99. The summed E-state index contributed by atoms with van der Waals surface area (Å²) >= 11 is 1.76. The topological polar surface area (TPSA) is 29.1 Å². The monoisotopic (exact) mass is 221 g/mol. The Morgan fingerprint density at radius 1 is 1.40 bits per heavy atom. The van der Waals surface area contributed by atoms with Gasteiger partial charge in [-0.2, -0.15) is 0 Å². The van der Waals surface area contributed by atoms with Gasteiger partial charge in [0.1, 0.15) is 0 Å². The lowest BCUT2D eigenvalue weighted by atomic mass is 9.95. The number of fused-ring (bicyclic) bond motifs is 1. The first kappa shape index (κ1) is 10.6. The van der Waals surface area contributed by atoms with E-state index in [9.17, 15) is 4.79 Å². The molecule has 0 radical (unpaired) electrons. The number of nitrogens with one attached hydrogen (secondary N) is 1. The van der Waals surface area contributed by atoms with E-state index in [1.807, 2.05) is 26.0 Å².